The van der Waals surface area contributed by atoms with E-state index in [4.69, 9.17) is 23.7 Å². The molecule has 0 aromatic heterocycles. The van der Waals surface area contributed by atoms with Gasteiger partial charge in [0.25, 0.3) is 0 Å². The van der Waals surface area contributed by atoms with Gasteiger partial charge in [-0.1, -0.05) is 194 Å². The molecule has 0 bridgehead atoms. The van der Waals surface area contributed by atoms with Crippen LogP contribution in [0.5, 0.6) is 0 Å². The van der Waals surface area contributed by atoms with Gasteiger partial charge in [-0.2, -0.15) is 0 Å². The van der Waals surface area contributed by atoms with Crippen LogP contribution < -0.4 is 37.2 Å². The van der Waals surface area contributed by atoms with Gasteiger partial charge in [0, 0.05) is 97.6 Å². The van der Waals surface area contributed by atoms with Crippen LogP contribution in [0.2, 0.25) is 0 Å². The number of Topliss-reactive ketones (excluding diaryl/α,β-unsaturated/α-hetero) is 6. The Balaban J connectivity index is 0. The summed E-state index contributed by atoms with van der Waals surface area (Å²) in [4.78, 5) is 99.6. The van der Waals surface area contributed by atoms with Crippen molar-refractivity contribution in [2.75, 3.05) is 33.4 Å². The number of nitrogens with one attached hydrogen (secondary N) is 7. The topological polar surface area (TPSA) is 267 Å². The molecular weight excluding hydrogens is 1540 g/mol. The average molecular weight is 1750 g/mol. The zero-order chi connectivity index (χ0) is 94.1. The molecule has 0 radical (unpaired) electrons. The molecule has 15 unspecified atom stereocenters. The van der Waals surface area contributed by atoms with Crippen molar-refractivity contribution in [1.82, 2.24) is 37.2 Å². The number of ketones is 6. The molecule has 0 aromatic rings. The highest BCUT2D eigenvalue weighted by atomic mass is 16.5. The lowest BCUT2D eigenvalue weighted by Gasteiger charge is -2.65. The summed E-state index contributed by atoms with van der Waals surface area (Å²) in [6.45, 7) is 81.0. The minimum absolute atomic E-state index is 0. The molecule has 7 N–H and O–H groups in total. The maximum Gasteiger partial charge on any atom is 0.220 e. The Morgan fingerprint density at radius 1 is 0.407 bits per heavy atom. The summed E-state index contributed by atoms with van der Waals surface area (Å²) in [6.07, 6.45) is 17.2. The third kappa shape index (κ3) is 46.3. The number of hydrogen-bond donors (Lipinski definition) is 7. The van der Waals surface area contributed by atoms with Gasteiger partial charge in [0.1, 0.15) is 5.78 Å². The van der Waals surface area contributed by atoms with E-state index in [2.05, 4.69) is 196 Å². The van der Waals surface area contributed by atoms with E-state index in [0.29, 0.717) is 108 Å². The molecule has 4 saturated carbocycles. The Hall–Kier alpha value is -3.44. The van der Waals surface area contributed by atoms with Crippen molar-refractivity contribution in [3.63, 3.8) is 0 Å². The predicted molar refractivity (Wildman–Crippen MR) is 514 cm³/mol. The fourth-order valence-corrected chi connectivity index (χ4v) is 19.1. The Morgan fingerprint density at radius 3 is 1.20 bits per heavy atom. The van der Waals surface area contributed by atoms with E-state index in [1.54, 1.807) is 41.5 Å². The van der Waals surface area contributed by atoms with E-state index in [0.717, 1.165) is 69.7 Å². The highest BCUT2D eigenvalue weighted by Crippen LogP contribution is 2.69. The van der Waals surface area contributed by atoms with E-state index in [1.165, 1.54) is 51.4 Å². The van der Waals surface area contributed by atoms with E-state index >= 15 is 0 Å². The van der Waals surface area contributed by atoms with Crippen molar-refractivity contribution >= 4 is 46.5 Å². The minimum atomic E-state index is -0.859. The fraction of sp³-hybridized carbons (Fsp3) is 0.922. The lowest BCUT2D eigenvalue weighted by molar-refractivity contribution is -0.238. The van der Waals surface area contributed by atoms with Gasteiger partial charge in [0.2, 0.25) is 11.8 Å². The van der Waals surface area contributed by atoms with Gasteiger partial charge >= 0.3 is 0 Å². The first-order valence-corrected chi connectivity index (χ1v) is 49.2. The van der Waals surface area contributed by atoms with Crippen LogP contribution in [0.1, 0.15) is 379 Å². The Labute approximate surface area is 757 Å². The Morgan fingerprint density at radius 2 is 0.813 bits per heavy atom. The smallest absolute Gasteiger partial charge is 0.220 e. The third-order valence-electron chi connectivity index (χ3n) is 25.5. The first kappa shape index (κ1) is 122. The zero-order valence-electron chi connectivity index (χ0n) is 85.8. The van der Waals surface area contributed by atoms with E-state index in [-0.39, 0.29) is 146 Å². The first-order valence-electron chi connectivity index (χ1n) is 49.2. The highest BCUT2D eigenvalue weighted by Gasteiger charge is 2.67. The molecular formula is C103H201N7O13. The van der Waals surface area contributed by atoms with Gasteiger partial charge in [-0.05, 0) is 244 Å². The molecule has 4 aliphatic rings. The quantitative estimate of drug-likeness (QED) is 0.0279. The van der Waals surface area contributed by atoms with Gasteiger partial charge in [0.05, 0.1) is 79.0 Å². The largest absolute Gasteiger partial charge is 0.379 e. The van der Waals surface area contributed by atoms with Crippen LogP contribution in [0.15, 0.2) is 0 Å². The fourth-order valence-electron chi connectivity index (χ4n) is 19.1. The predicted octanol–water partition coefficient (Wildman–Crippen LogP) is 20.2. The van der Waals surface area contributed by atoms with Crippen LogP contribution in [0, 0.1) is 99.6 Å². The standard InChI is InChI=1S/C34H62O4.C30H53N3O6.C14H30N2O.C12H26N2O.C12H26O.CH4/c1-20(2)35-19-24(9)27-12-13-28-32-29(18-31(34(27,28)11)38-23(7)8)33(10)15-14-26(36-21(3)4)16-25(33)17-30(32)37-22(5)6;1-17(2)25(34)14-11-23(29(38)19(5)6)32-27(36)16-13-24(30(39)20(7)8)33-26(35)15-12-22(31-21(9)10)28(37)18(3)4;1-10(2)14(17)13(16-12(5)6)8-7-9-15-11(3)4;1-9(2)12(15)11(14-10(3)4)7-6-8-13-5;1-9(2)7-12(10(3)4)8-13-11(5)6;/h20-32H,12-19H2,1-11H3;17-24,31H,11-16H2,1-10H3,(H,32,36)(H,33,35);10-13,15-16H,7-9H2,1-6H3;9-11,13-14H,6-8H2,1-5H3;9-12H,7-8H2,1-6H3;1H4/t24-,25?,26?,27?,28?,29?,30?,31?,32?,33?,34?;;;11-;;/m1..0../s1. The number of amides is 2. The van der Waals surface area contributed by atoms with Crippen molar-refractivity contribution in [1.29, 1.82) is 0 Å². The Bertz CT molecular complexity index is 2910. The maximum atomic E-state index is 12.8. The van der Waals surface area contributed by atoms with Gasteiger partial charge < -0.3 is 60.9 Å². The van der Waals surface area contributed by atoms with Gasteiger partial charge in [0.15, 0.2) is 28.9 Å². The molecule has 4 rings (SSSR count). The summed E-state index contributed by atoms with van der Waals surface area (Å²) in [7, 11) is 1.94. The van der Waals surface area contributed by atoms with Crippen molar-refractivity contribution in [3.8, 4) is 0 Å². The van der Waals surface area contributed by atoms with Gasteiger partial charge in [-0.15, -0.1) is 0 Å². The summed E-state index contributed by atoms with van der Waals surface area (Å²) in [6, 6.07) is -0.730. The second kappa shape index (κ2) is 62.0. The van der Waals surface area contributed by atoms with Crippen LogP contribution >= 0.6 is 0 Å². The normalized spacial score (nSPS) is 23.1. The van der Waals surface area contributed by atoms with Crippen molar-refractivity contribution in [2.24, 2.45) is 99.6 Å². The number of hydrogen-bond acceptors (Lipinski definition) is 18. The molecule has 17 atom stereocenters. The van der Waals surface area contributed by atoms with Crippen LogP contribution in [-0.2, 0) is 62.0 Å². The average Bonchev–Trinajstić information content (AvgIpc) is 1.64. The molecule has 726 valence electrons. The molecule has 0 spiro atoms. The van der Waals surface area contributed by atoms with E-state index in [9.17, 15) is 38.4 Å². The van der Waals surface area contributed by atoms with Crippen molar-refractivity contribution in [3.05, 3.63) is 0 Å². The summed E-state index contributed by atoms with van der Waals surface area (Å²) in [5.74, 6) is 4.90. The Kier molecular flexibility index (Phi) is 61.3. The molecule has 2 amide bonds. The number of ether oxygens (including phenoxy) is 5. The second-order valence-corrected chi connectivity index (χ2v) is 42.7. The van der Waals surface area contributed by atoms with Gasteiger partial charge in [-0.25, -0.2) is 0 Å². The lowest BCUT2D eigenvalue weighted by atomic mass is 9.43. The van der Waals surface area contributed by atoms with Crippen LogP contribution in [0.3, 0.4) is 0 Å². The molecule has 4 fully saturated rings. The summed E-state index contributed by atoms with van der Waals surface area (Å²) < 4.78 is 32.1. The summed E-state index contributed by atoms with van der Waals surface area (Å²) in [5, 5.41) is 21.9. The monoisotopic (exact) mass is 1740 g/mol. The minimum Gasteiger partial charge on any atom is -0.379 e. The van der Waals surface area contributed by atoms with Crippen LogP contribution in [0.25, 0.3) is 0 Å². The SMILES string of the molecule is C.CC(C)CC(COC(C)C)C(C)C.CC(C)NC(CCC(=O)NC(CCC(=O)NC(CCC(=O)C(C)C)C(=O)C(C)C)C(=O)C(C)C)C(=O)C(C)C.CC(C)NCCCC(NC(C)C)C(=O)C(C)C.CC(C)OC[C@@H](C)C1CCC2C3C(OC(C)C)CC4CC(OC(C)C)CCC4(C)C3CC(OC(C)C)C21C.CNCCC[C@H](NC(C)C)C(=O)C(C)C. The van der Waals surface area contributed by atoms with Gasteiger partial charge in [-0.3, -0.25) is 38.4 Å². The zero-order valence-corrected chi connectivity index (χ0v) is 85.8. The van der Waals surface area contributed by atoms with Crippen LogP contribution in [-0.4, -0.2) is 183 Å². The molecule has 4 aliphatic carbocycles. The molecule has 0 aromatic carbocycles. The lowest BCUT2D eigenvalue weighted by Crippen LogP contribution is -2.63. The number of carbonyl (C=O) groups is 8. The molecule has 123 heavy (non-hydrogen) atoms. The van der Waals surface area contributed by atoms with Crippen LogP contribution in [0.4, 0.5) is 0 Å². The molecule has 0 aliphatic heterocycles. The second-order valence-electron chi connectivity index (χ2n) is 42.7. The summed E-state index contributed by atoms with van der Waals surface area (Å²) in [5.41, 5.74) is 0.521. The molecule has 20 nitrogen and oxygen atoms in total. The molecule has 20 heteroatoms. The number of carbonyl (C=O) groups excluding carboxylic acids is 8. The van der Waals surface area contributed by atoms with Crippen molar-refractivity contribution < 1.29 is 62.0 Å². The third-order valence-corrected chi connectivity index (χ3v) is 25.5. The number of rotatable bonds is 53. The summed E-state index contributed by atoms with van der Waals surface area (Å²) >= 11 is 0. The maximum absolute atomic E-state index is 12.8. The molecule has 0 heterocycles. The molecule has 0 saturated heterocycles. The van der Waals surface area contributed by atoms with Crippen molar-refractivity contribution in [2.45, 2.75) is 482 Å². The highest BCUT2D eigenvalue weighted by molar-refractivity contribution is 5.93. The number of fused-ring (bicyclic) bond motifs is 5. The first-order chi connectivity index (χ1) is 56.5. The van der Waals surface area contributed by atoms with E-state index < -0.39 is 24.0 Å². The van der Waals surface area contributed by atoms with E-state index in [1.807, 2.05) is 62.4 Å².